The molecule has 0 saturated heterocycles. The zero-order valence-corrected chi connectivity index (χ0v) is 18.0. The van der Waals surface area contributed by atoms with Gasteiger partial charge in [0, 0.05) is 30.0 Å². The third-order valence-electron chi connectivity index (χ3n) is 5.28. The van der Waals surface area contributed by atoms with Crippen LogP contribution in [-0.2, 0) is 27.7 Å². The van der Waals surface area contributed by atoms with Crippen molar-refractivity contribution in [2.45, 2.75) is 43.4 Å². The van der Waals surface area contributed by atoms with E-state index in [9.17, 15) is 18.0 Å². The van der Waals surface area contributed by atoms with E-state index in [1.54, 1.807) is 18.2 Å². The molecule has 2 aromatic carbocycles. The largest absolute Gasteiger partial charge is 0.481 e. The summed E-state index contributed by atoms with van der Waals surface area (Å²) in [5.74, 6) is -0.712. The lowest BCUT2D eigenvalue weighted by Gasteiger charge is -2.11. The molecule has 0 aliphatic heterocycles. The number of rotatable bonds is 10. The molecule has 1 atom stereocenters. The van der Waals surface area contributed by atoms with Gasteiger partial charge in [0.2, 0.25) is 10.0 Å². The molecular weight excluding hydrogens is 426 g/mol. The molecule has 6 nitrogen and oxygen atoms in total. The monoisotopic (exact) mass is 449 g/mol. The maximum Gasteiger partial charge on any atom is 0.303 e. The van der Waals surface area contributed by atoms with E-state index < -0.39 is 16.0 Å². The number of Topliss-reactive ketones (excluding diaryl/α,β-unsaturated/α-hetero) is 1. The first-order valence-electron chi connectivity index (χ1n) is 9.86. The van der Waals surface area contributed by atoms with Crippen LogP contribution >= 0.6 is 11.6 Å². The third-order valence-corrected chi connectivity index (χ3v) is 6.97. The molecule has 3 rings (SSSR count). The first-order chi connectivity index (χ1) is 14.2. The number of hydrogen-bond donors (Lipinski definition) is 2. The van der Waals surface area contributed by atoms with E-state index >= 15 is 0 Å². The van der Waals surface area contributed by atoms with E-state index in [4.69, 9.17) is 16.7 Å². The van der Waals surface area contributed by atoms with Crippen LogP contribution in [0.4, 0.5) is 0 Å². The first-order valence-corrected chi connectivity index (χ1v) is 11.7. The summed E-state index contributed by atoms with van der Waals surface area (Å²) >= 11 is 5.81. The zero-order chi connectivity index (χ0) is 21.7. The molecule has 0 bridgehead atoms. The Labute approximate surface area is 181 Å². The van der Waals surface area contributed by atoms with Crippen LogP contribution in [0.3, 0.4) is 0 Å². The average molecular weight is 450 g/mol. The van der Waals surface area contributed by atoms with Crippen molar-refractivity contribution in [3.8, 4) is 0 Å². The second-order valence-corrected chi connectivity index (χ2v) is 9.79. The fourth-order valence-corrected chi connectivity index (χ4v) is 4.90. The van der Waals surface area contributed by atoms with Gasteiger partial charge in [0.1, 0.15) is 0 Å². The van der Waals surface area contributed by atoms with Gasteiger partial charge in [-0.15, -0.1) is 0 Å². The second kappa shape index (κ2) is 9.73. The molecule has 30 heavy (non-hydrogen) atoms. The number of benzene rings is 2. The highest BCUT2D eigenvalue weighted by atomic mass is 35.5. The Morgan fingerprint density at radius 3 is 2.37 bits per heavy atom. The summed E-state index contributed by atoms with van der Waals surface area (Å²) in [5, 5.41) is 9.14. The van der Waals surface area contributed by atoms with E-state index in [1.165, 1.54) is 12.1 Å². The van der Waals surface area contributed by atoms with Crippen molar-refractivity contribution in [1.29, 1.82) is 0 Å². The molecule has 160 valence electrons. The van der Waals surface area contributed by atoms with Crippen molar-refractivity contribution in [1.82, 2.24) is 4.72 Å². The SMILES string of the molecule is O=C(O)CCCCC(=O)c1ccc2c(c1)CC(CNS(=O)(=O)c1ccc(Cl)cc1)C2. The Balaban J connectivity index is 1.54. The van der Waals surface area contributed by atoms with Crippen LogP contribution < -0.4 is 4.72 Å². The molecule has 1 aliphatic rings. The number of hydrogen-bond acceptors (Lipinski definition) is 4. The fourth-order valence-electron chi connectivity index (χ4n) is 3.66. The van der Waals surface area contributed by atoms with Crippen LogP contribution in [0.2, 0.25) is 5.02 Å². The summed E-state index contributed by atoms with van der Waals surface area (Å²) in [6.45, 7) is 0.318. The Morgan fingerprint density at radius 2 is 1.67 bits per heavy atom. The number of carboxylic acid groups (broad SMARTS) is 1. The minimum atomic E-state index is -3.60. The molecular formula is C22H24ClNO5S. The highest BCUT2D eigenvalue weighted by molar-refractivity contribution is 7.89. The highest BCUT2D eigenvalue weighted by Crippen LogP contribution is 2.28. The third kappa shape index (κ3) is 5.90. The molecule has 2 N–H and O–H groups in total. The molecule has 0 heterocycles. The van der Waals surface area contributed by atoms with Crippen molar-refractivity contribution < 1.29 is 23.1 Å². The lowest BCUT2D eigenvalue weighted by atomic mass is 10.0. The van der Waals surface area contributed by atoms with Gasteiger partial charge < -0.3 is 5.11 Å². The van der Waals surface area contributed by atoms with E-state index in [1.807, 2.05) is 12.1 Å². The van der Waals surface area contributed by atoms with Gasteiger partial charge in [-0.2, -0.15) is 0 Å². The predicted octanol–water partition coefficient (Wildman–Crippen LogP) is 3.86. The first kappa shape index (κ1) is 22.5. The number of ketones is 1. The maximum absolute atomic E-state index is 12.4. The number of nitrogens with one attached hydrogen (secondary N) is 1. The summed E-state index contributed by atoms with van der Waals surface area (Å²) in [4.78, 5) is 23.1. The number of aliphatic carboxylic acids is 1. The number of fused-ring (bicyclic) bond motifs is 1. The molecule has 0 spiro atoms. The van der Waals surface area contributed by atoms with E-state index in [-0.39, 0.29) is 23.0 Å². The molecule has 2 aromatic rings. The number of unbranched alkanes of at least 4 members (excludes halogenated alkanes) is 1. The number of carbonyl (C=O) groups is 2. The van der Waals surface area contributed by atoms with Gasteiger partial charge in [0.15, 0.2) is 5.78 Å². The van der Waals surface area contributed by atoms with Gasteiger partial charge in [0.05, 0.1) is 4.90 Å². The summed E-state index contributed by atoms with van der Waals surface area (Å²) in [5.41, 5.74) is 2.83. The van der Waals surface area contributed by atoms with Crippen molar-refractivity contribution in [2.24, 2.45) is 5.92 Å². The molecule has 0 fully saturated rings. The van der Waals surface area contributed by atoms with E-state index in [2.05, 4.69) is 4.72 Å². The molecule has 0 aromatic heterocycles. The van der Waals surface area contributed by atoms with Gasteiger partial charge in [-0.05, 0) is 73.1 Å². The van der Waals surface area contributed by atoms with Gasteiger partial charge in [-0.1, -0.05) is 23.7 Å². The normalized spacial score (nSPS) is 15.7. The summed E-state index contributed by atoms with van der Waals surface area (Å²) in [7, 11) is -3.60. The van der Waals surface area contributed by atoms with Crippen LogP contribution in [0, 0.1) is 5.92 Å². The molecule has 1 aliphatic carbocycles. The van der Waals surface area contributed by atoms with Crippen molar-refractivity contribution >= 4 is 33.4 Å². The van der Waals surface area contributed by atoms with Gasteiger partial charge in [0.25, 0.3) is 0 Å². The smallest absolute Gasteiger partial charge is 0.303 e. The highest BCUT2D eigenvalue weighted by Gasteiger charge is 2.24. The quantitative estimate of drug-likeness (QED) is 0.423. The molecule has 1 unspecified atom stereocenters. The Bertz CT molecular complexity index is 1030. The lowest BCUT2D eigenvalue weighted by Crippen LogP contribution is -2.29. The second-order valence-electron chi connectivity index (χ2n) is 7.59. The Hall–Kier alpha value is -2.22. The van der Waals surface area contributed by atoms with Crippen molar-refractivity contribution in [3.05, 3.63) is 64.2 Å². The number of sulfonamides is 1. The Kier molecular flexibility index (Phi) is 7.28. The number of halogens is 1. The van der Waals surface area contributed by atoms with Gasteiger partial charge >= 0.3 is 5.97 Å². The minimum absolute atomic E-state index is 0.00933. The van der Waals surface area contributed by atoms with E-state index in [0.29, 0.717) is 42.8 Å². The molecule has 0 amide bonds. The minimum Gasteiger partial charge on any atom is -0.481 e. The van der Waals surface area contributed by atoms with Crippen molar-refractivity contribution in [3.63, 3.8) is 0 Å². The van der Waals surface area contributed by atoms with Crippen molar-refractivity contribution in [2.75, 3.05) is 6.54 Å². The molecule has 8 heteroatoms. The summed E-state index contributed by atoms with van der Waals surface area (Å²) in [6.07, 6.45) is 2.91. The predicted molar refractivity (Wildman–Crippen MR) is 114 cm³/mol. The standard InChI is InChI=1S/C22H24ClNO5S/c23-19-7-9-20(10-8-19)30(28,29)24-14-15-11-16-5-6-17(13-18(16)12-15)21(25)3-1-2-4-22(26)27/h5-10,13,15,24H,1-4,11-12,14H2,(H,26,27). The Morgan fingerprint density at radius 1 is 1.00 bits per heavy atom. The number of carbonyl (C=O) groups excluding carboxylic acids is 1. The topological polar surface area (TPSA) is 101 Å². The van der Waals surface area contributed by atoms with Crippen LogP contribution in [0.15, 0.2) is 47.4 Å². The van der Waals surface area contributed by atoms with Gasteiger partial charge in [-0.3, -0.25) is 9.59 Å². The summed E-state index contributed by atoms with van der Waals surface area (Å²) in [6, 6.07) is 11.7. The van der Waals surface area contributed by atoms with E-state index in [0.717, 1.165) is 17.5 Å². The maximum atomic E-state index is 12.4. The zero-order valence-electron chi connectivity index (χ0n) is 16.4. The lowest BCUT2D eigenvalue weighted by molar-refractivity contribution is -0.137. The van der Waals surface area contributed by atoms with Crippen LogP contribution in [0.1, 0.15) is 47.2 Å². The number of carboxylic acids is 1. The van der Waals surface area contributed by atoms with Crippen LogP contribution in [-0.4, -0.2) is 31.8 Å². The van der Waals surface area contributed by atoms with Crippen LogP contribution in [0.25, 0.3) is 0 Å². The molecule has 0 saturated carbocycles. The van der Waals surface area contributed by atoms with Crippen LogP contribution in [0.5, 0.6) is 0 Å². The average Bonchev–Trinajstić information content (AvgIpc) is 3.12. The fraction of sp³-hybridized carbons (Fsp3) is 0.364. The summed E-state index contributed by atoms with van der Waals surface area (Å²) < 4.78 is 27.6. The van der Waals surface area contributed by atoms with Gasteiger partial charge in [-0.25, -0.2) is 13.1 Å². The molecule has 0 radical (unpaired) electrons.